The van der Waals surface area contributed by atoms with Crippen LogP contribution in [0.4, 0.5) is 5.69 Å². The maximum absolute atomic E-state index is 6.17. The molecular formula is C17H18N2. The maximum atomic E-state index is 6.17. The molecule has 0 aliphatic heterocycles. The van der Waals surface area contributed by atoms with Gasteiger partial charge in [-0.05, 0) is 37.3 Å². The molecule has 1 aromatic rings. The highest BCUT2D eigenvalue weighted by Gasteiger charge is 2.19. The molecule has 0 fully saturated rings. The Hall–Kier alpha value is -2.09. The number of hydrogen-bond acceptors (Lipinski definition) is 2. The minimum atomic E-state index is 0.784. The van der Waals surface area contributed by atoms with Gasteiger partial charge in [0.25, 0.3) is 0 Å². The Morgan fingerprint density at radius 1 is 1.11 bits per heavy atom. The van der Waals surface area contributed by atoms with E-state index in [9.17, 15) is 0 Å². The Morgan fingerprint density at radius 2 is 1.95 bits per heavy atom. The van der Waals surface area contributed by atoms with E-state index in [0.717, 1.165) is 18.5 Å². The molecule has 0 amide bonds. The summed E-state index contributed by atoms with van der Waals surface area (Å²) in [7, 11) is 0. The predicted octanol–water partition coefficient (Wildman–Crippen LogP) is 3.61. The van der Waals surface area contributed by atoms with Crippen LogP contribution >= 0.6 is 0 Å². The van der Waals surface area contributed by atoms with Crippen LogP contribution in [-0.2, 0) is 12.8 Å². The van der Waals surface area contributed by atoms with Crippen molar-refractivity contribution >= 4 is 11.3 Å². The van der Waals surface area contributed by atoms with Crippen LogP contribution in [0, 0.1) is 0 Å². The molecule has 0 aromatic carbocycles. The van der Waals surface area contributed by atoms with Crippen LogP contribution in [0.15, 0.2) is 48.2 Å². The Kier molecular flexibility index (Phi) is 3.08. The van der Waals surface area contributed by atoms with Gasteiger partial charge in [-0.2, -0.15) is 0 Å². The van der Waals surface area contributed by atoms with E-state index in [2.05, 4.69) is 48.4 Å². The lowest BCUT2D eigenvalue weighted by Gasteiger charge is -2.12. The SMILES string of the molecule is CC1=C/C=C\C=C(c2c(N)cnc3c2CCC3)/C=C\1. The topological polar surface area (TPSA) is 38.9 Å². The van der Waals surface area contributed by atoms with Gasteiger partial charge in [0.2, 0.25) is 0 Å². The third kappa shape index (κ3) is 2.26. The van der Waals surface area contributed by atoms with E-state index < -0.39 is 0 Å². The van der Waals surface area contributed by atoms with Crippen LogP contribution in [0.3, 0.4) is 0 Å². The summed E-state index contributed by atoms with van der Waals surface area (Å²) >= 11 is 0. The summed E-state index contributed by atoms with van der Waals surface area (Å²) in [6.07, 6.45) is 17.8. The molecule has 2 aliphatic carbocycles. The zero-order valence-corrected chi connectivity index (χ0v) is 11.2. The Morgan fingerprint density at radius 3 is 2.84 bits per heavy atom. The number of anilines is 1. The van der Waals surface area contributed by atoms with Gasteiger partial charge in [-0.3, -0.25) is 4.98 Å². The fraction of sp³-hybridized carbons (Fsp3) is 0.235. The Labute approximate surface area is 114 Å². The van der Waals surface area contributed by atoms with Crippen molar-refractivity contribution < 1.29 is 0 Å². The molecule has 0 saturated heterocycles. The number of nitrogens with zero attached hydrogens (tertiary/aromatic N) is 1. The quantitative estimate of drug-likeness (QED) is 0.827. The van der Waals surface area contributed by atoms with Gasteiger partial charge in [0.15, 0.2) is 0 Å². The van der Waals surface area contributed by atoms with Crippen LogP contribution in [0.1, 0.15) is 30.2 Å². The van der Waals surface area contributed by atoms with Crippen molar-refractivity contribution in [3.05, 3.63) is 65.0 Å². The maximum Gasteiger partial charge on any atom is 0.0583 e. The largest absolute Gasteiger partial charge is 0.397 e. The molecule has 3 rings (SSSR count). The van der Waals surface area contributed by atoms with Crippen LogP contribution in [0.25, 0.3) is 5.57 Å². The van der Waals surface area contributed by atoms with Crippen molar-refractivity contribution in [2.75, 3.05) is 5.73 Å². The minimum Gasteiger partial charge on any atom is -0.397 e. The molecule has 1 heterocycles. The van der Waals surface area contributed by atoms with Gasteiger partial charge in [-0.15, -0.1) is 0 Å². The number of aromatic nitrogens is 1. The minimum absolute atomic E-state index is 0.784. The highest BCUT2D eigenvalue weighted by atomic mass is 14.7. The van der Waals surface area contributed by atoms with Crippen molar-refractivity contribution in [2.45, 2.75) is 26.2 Å². The molecule has 2 heteroatoms. The van der Waals surface area contributed by atoms with E-state index in [1.54, 1.807) is 6.20 Å². The van der Waals surface area contributed by atoms with E-state index in [-0.39, 0.29) is 0 Å². The van der Waals surface area contributed by atoms with Gasteiger partial charge in [0.1, 0.15) is 0 Å². The lowest BCUT2D eigenvalue weighted by molar-refractivity contribution is 0.899. The van der Waals surface area contributed by atoms with Gasteiger partial charge in [0.05, 0.1) is 11.9 Å². The molecule has 0 radical (unpaired) electrons. The molecule has 19 heavy (non-hydrogen) atoms. The molecule has 0 atom stereocenters. The number of aryl methyl sites for hydroxylation is 1. The number of nitrogens with two attached hydrogens (primary N) is 1. The van der Waals surface area contributed by atoms with Crippen LogP contribution < -0.4 is 5.73 Å². The van der Waals surface area contributed by atoms with Crippen molar-refractivity contribution in [3.63, 3.8) is 0 Å². The lowest BCUT2D eigenvalue weighted by Crippen LogP contribution is -2.01. The first kappa shape index (κ1) is 12.0. The number of hydrogen-bond donors (Lipinski definition) is 1. The van der Waals surface area contributed by atoms with Crippen LogP contribution in [-0.4, -0.2) is 4.98 Å². The van der Waals surface area contributed by atoms with Gasteiger partial charge in [0, 0.05) is 11.3 Å². The first-order valence-electron chi connectivity index (χ1n) is 6.75. The zero-order chi connectivity index (χ0) is 13.2. The second-order valence-corrected chi connectivity index (χ2v) is 5.12. The number of allylic oxidation sites excluding steroid dienone is 8. The molecule has 1 aromatic heterocycles. The molecule has 2 aliphatic rings. The number of nitrogen functional groups attached to an aromatic ring is 1. The van der Waals surface area contributed by atoms with E-state index >= 15 is 0 Å². The highest BCUT2D eigenvalue weighted by Crippen LogP contribution is 2.33. The average Bonchev–Trinajstić information content (AvgIpc) is 2.84. The van der Waals surface area contributed by atoms with Crippen LogP contribution in [0.2, 0.25) is 0 Å². The first-order valence-corrected chi connectivity index (χ1v) is 6.75. The van der Waals surface area contributed by atoms with E-state index in [1.807, 2.05) is 0 Å². The van der Waals surface area contributed by atoms with E-state index in [4.69, 9.17) is 5.73 Å². The van der Waals surface area contributed by atoms with Crippen molar-refractivity contribution in [2.24, 2.45) is 0 Å². The van der Waals surface area contributed by atoms with Gasteiger partial charge in [-0.1, -0.05) is 42.0 Å². The molecule has 0 spiro atoms. The predicted molar refractivity (Wildman–Crippen MR) is 80.7 cm³/mol. The third-order valence-corrected chi connectivity index (χ3v) is 3.70. The lowest BCUT2D eigenvalue weighted by atomic mass is 9.96. The third-order valence-electron chi connectivity index (χ3n) is 3.70. The van der Waals surface area contributed by atoms with E-state index in [0.29, 0.717) is 0 Å². The number of pyridine rings is 1. The summed E-state index contributed by atoms with van der Waals surface area (Å²) in [6, 6.07) is 0. The van der Waals surface area contributed by atoms with Gasteiger partial charge >= 0.3 is 0 Å². The van der Waals surface area contributed by atoms with Gasteiger partial charge in [-0.25, -0.2) is 0 Å². The smallest absolute Gasteiger partial charge is 0.0583 e. The fourth-order valence-corrected chi connectivity index (χ4v) is 2.73. The second kappa shape index (κ2) is 4.88. The molecule has 2 N–H and O–H groups in total. The Balaban J connectivity index is 2.12. The summed E-state index contributed by atoms with van der Waals surface area (Å²) in [4.78, 5) is 4.47. The van der Waals surface area contributed by atoms with Crippen molar-refractivity contribution in [1.29, 1.82) is 0 Å². The molecule has 0 saturated carbocycles. The molecule has 2 nitrogen and oxygen atoms in total. The summed E-state index contributed by atoms with van der Waals surface area (Å²) in [5, 5.41) is 0. The summed E-state index contributed by atoms with van der Waals surface area (Å²) in [5.41, 5.74) is 13.1. The summed E-state index contributed by atoms with van der Waals surface area (Å²) < 4.78 is 0. The monoisotopic (exact) mass is 250 g/mol. The normalized spacial score (nSPS) is 26.4. The second-order valence-electron chi connectivity index (χ2n) is 5.12. The average molecular weight is 250 g/mol. The highest BCUT2D eigenvalue weighted by molar-refractivity contribution is 5.84. The van der Waals surface area contributed by atoms with E-state index in [1.165, 1.54) is 34.4 Å². The summed E-state index contributed by atoms with van der Waals surface area (Å²) in [5.74, 6) is 0. The Bertz CT molecular complexity index is 631. The molecule has 0 bridgehead atoms. The van der Waals surface area contributed by atoms with Crippen molar-refractivity contribution in [1.82, 2.24) is 4.98 Å². The number of fused-ring (bicyclic) bond motifs is 1. The van der Waals surface area contributed by atoms with Crippen LogP contribution in [0.5, 0.6) is 0 Å². The standard InChI is InChI=1S/C17H18N2/c1-12-5-2-3-6-13(10-9-12)17-14-7-4-8-16(14)19-11-15(17)18/h2-3,5-6,9-11H,4,7-8,18H2,1H3/b3-2-,5-2?,6-3?,10-9-,12-5-,12-9?,13-6+,13-10?. The summed E-state index contributed by atoms with van der Waals surface area (Å²) in [6.45, 7) is 2.10. The fourth-order valence-electron chi connectivity index (χ4n) is 2.73. The molecule has 96 valence electrons. The molecule has 0 unspecified atom stereocenters. The van der Waals surface area contributed by atoms with Crippen molar-refractivity contribution in [3.8, 4) is 0 Å². The first-order chi connectivity index (χ1) is 9.25. The number of rotatable bonds is 1. The van der Waals surface area contributed by atoms with Gasteiger partial charge < -0.3 is 5.73 Å². The molecular weight excluding hydrogens is 232 g/mol. The zero-order valence-electron chi connectivity index (χ0n) is 11.2.